The number of rotatable bonds is 6. The van der Waals surface area contributed by atoms with Crippen molar-refractivity contribution in [2.75, 3.05) is 19.6 Å². The second-order valence-corrected chi connectivity index (χ2v) is 8.02. The van der Waals surface area contributed by atoms with E-state index in [1.165, 1.54) is 6.07 Å². The van der Waals surface area contributed by atoms with Crippen LogP contribution in [0.25, 0.3) is 0 Å². The average molecular weight is 425 g/mol. The first-order valence-electron chi connectivity index (χ1n) is 8.54. The van der Waals surface area contributed by atoms with E-state index < -0.39 is 21.4 Å². The van der Waals surface area contributed by atoms with E-state index in [9.17, 15) is 26.4 Å². The Bertz CT molecular complexity index is 814. The third-order valence-corrected chi connectivity index (χ3v) is 5.70. The van der Waals surface area contributed by atoms with E-state index in [4.69, 9.17) is 10.2 Å². The van der Waals surface area contributed by atoms with Gasteiger partial charge >= 0.3 is 15.5 Å². The predicted octanol–water partition coefficient (Wildman–Crippen LogP) is 0.748. The number of hydrogen-bond acceptors (Lipinski definition) is 5. The van der Waals surface area contributed by atoms with Gasteiger partial charge in [-0.15, -0.1) is 0 Å². The second kappa shape index (κ2) is 8.82. The van der Waals surface area contributed by atoms with Crippen LogP contribution in [0.2, 0.25) is 0 Å². The summed E-state index contributed by atoms with van der Waals surface area (Å²) in [7, 11) is -5.30. The van der Waals surface area contributed by atoms with Gasteiger partial charge in [0.2, 0.25) is 0 Å². The van der Waals surface area contributed by atoms with Gasteiger partial charge in [-0.1, -0.05) is 0 Å². The van der Waals surface area contributed by atoms with Crippen molar-refractivity contribution in [3.8, 4) is 0 Å². The van der Waals surface area contributed by atoms with Crippen molar-refractivity contribution in [1.82, 2.24) is 14.9 Å². The molecule has 4 N–H and O–H groups in total. The van der Waals surface area contributed by atoms with Crippen molar-refractivity contribution in [3.63, 3.8) is 0 Å². The SMILES string of the molecule is CCNC(=NCc1ccc(C(N)=O)o1)NC1CCN(S(=O)(=O)C(F)(F)F)CC1. The highest BCUT2D eigenvalue weighted by atomic mass is 32.2. The lowest BCUT2D eigenvalue weighted by Crippen LogP contribution is -2.51. The second-order valence-electron chi connectivity index (χ2n) is 6.09. The molecule has 158 valence electrons. The highest BCUT2D eigenvalue weighted by molar-refractivity contribution is 7.90. The van der Waals surface area contributed by atoms with Crippen molar-refractivity contribution in [3.05, 3.63) is 23.7 Å². The van der Waals surface area contributed by atoms with Crippen molar-refractivity contribution < 1.29 is 30.8 Å². The summed E-state index contributed by atoms with van der Waals surface area (Å²) in [5, 5.41) is 6.06. The summed E-state index contributed by atoms with van der Waals surface area (Å²) in [6, 6.07) is 2.76. The van der Waals surface area contributed by atoms with Gasteiger partial charge in [0.1, 0.15) is 12.3 Å². The Morgan fingerprint density at radius 2 is 2.00 bits per heavy atom. The summed E-state index contributed by atoms with van der Waals surface area (Å²) in [5.41, 5.74) is -0.183. The van der Waals surface area contributed by atoms with Crippen molar-refractivity contribution in [2.24, 2.45) is 10.7 Å². The standard InChI is InChI=1S/C15H22F3N5O4S/c1-2-20-14(21-9-11-3-4-12(27-11)13(19)24)22-10-5-7-23(8-6-10)28(25,26)15(16,17)18/h3-4,10H,2,5-9H2,1H3,(H2,19,24)(H2,20,21,22). The van der Waals surface area contributed by atoms with Crippen molar-refractivity contribution in [2.45, 2.75) is 37.9 Å². The quantitative estimate of drug-likeness (QED) is 0.455. The number of alkyl halides is 3. The van der Waals surface area contributed by atoms with E-state index in [1.54, 1.807) is 6.07 Å². The van der Waals surface area contributed by atoms with Crippen LogP contribution in [-0.2, 0) is 16.6 Å². The van der Waals surface area contributed by atoms with Crippen LogP contribution in [0.4, 0.5) is 13.2 Å². The molecule has 0 aliphatic carbocycles. The zero-order valence-corrected chi connectivity index (χ0v) is 15.9. The first-order chi connectivity index (χ1) is 13.0. The van der Waals surface area contributed by atoms with Gasteiger partial charge in [0.15, 0.2) is 11.7 Å². The lowest BCUT2D eigenvalue weighted by molar-refractivity contribution is -0.0494. The molecule has 2 heterocycles. The van der Waals surface area contributed by atoms with Gasteiger partial charge in [-0.3, -0.25) is 4.79 Å². The van der Waals surface area contributed by atoms with E-state index in [1.807, 2.05) is 6.92 Å². The number of amides is 1. The zero-order valence-electron chi connectivity index (χ0n) is 15.1. The summed E-state index contributed by atoms with van der Waals surface area (Å²) in [6.07, 6.45) is 0.401. The Morgan fingerprint density at radius 1 is 1.36 bits per heavy atom. The average Bonchev–Trinajstić information content (AvgIpc) is 3.09. The Labute approximate surface area is 160 Å². The number of carbonyl (C=O) groups is 1. The van der Waals surface area contributed by atoms with Crippen LogP contribution < -0.4 is 16.4 Å². The molecule has 9 nitrogen and oxygen atoms in total. The highest BCUT2D eigenvalue weighted by Gasteiger charge is 2.50. The number of nitrogens with zero attached hydrogens (tertiary/aromatic N) is 2. The molecule has 0 saturated carbocycles. The summed E-state index contributed by atoms with van der Waals surface area (Å²) in [5.74, 6) is 0.135. The highest BCUT2D eigenvalue weighted by Crippen LogP contribution is 2.28. The van der Waals surface area contributed by atoms with Crippen LogP contribution in [-0.4, -0.2) is 55.8 Å². The van der Waals surface area contributed by atoms with Crippen LogP contribution in [0, 0.1) is 0 Å². The Hall–Kier alpha value is -2.28. The maximum Gasteiger partial charge on any atom is 0.511 e. The number of halogens is 3. The molecule has 0 bridgehead atoms. The molecular formula is C15H22F3N5O4S. The molecule has 0 spiro atoms. The normalized spacial score (nSPS) is 17.5. The maximum atomic E-state index is 12.6. The molecule has 0 aromatic carbocycles. The summed E-state index contributed by atoms with van der Waals surface area (Å²) in [6.45, 7) is 2.02. The molecule has 0 unspecified atom stereocenters. The number of sulfonamides is 1. The maximum absolute atomic E-state index is 12.6. The largest absolute Gasteiger partial charge is 0.511 e. The first kappa shape index (κ1) is 22.0. The molecule has 13 heteroatoms. The minimum Gasteiger partial charge on any atom is -0.454 e. The van der Waals surface area contributed by atoms with E-state index in [2.05, 4.69) is 15.6 Å². The molecule has 2 rings (SSSR count). The number of primary amides is 1. The van der Waals surface area contributed by atoms with Gasteiger partial charge in [-0.05, 0) is 31.9 Å². The fourth-order valence-electron chi connectivity index (χ4n) is 2.65. The lowest BCUT2D eigenvalue weighted by atomic mass is 10.1. The van der Waals surface area contributed by atoms with E-state index in [0.29, 0.717) is 22.6 Å². The minimum absolute atomic E-state index is 0.0152. The summed E-state index contributed by atoms with van der Waals surface area (Å²) < 4.78 is 66.5. The molecule has 1 fully saturated rings. The zero-order chi connectivity index (χ0) is 20.9. The topological polar surface area (TPSA) is 130 Å². The van der Waals surface area contributed by atoms with Crippen LogP contribution in [0.1, 0.15) is 36.1 Å². The number of furan rings is 1. The Balaban J connectivity index is 1.95. The molecule has 1 amide bonds. The number of carbonyl (C=O) groups excluding carboxylic acids is 1. The lowest BCUT2D eigenvalue weighted by Gasteiger charge is -2.32. The molecule has 1 saturated heterocycles. The molecular weight excluding hydrogens is 403 g/mol. The molecule has 1 aliphatic heterocycles. The summed E-state index contributed by atoms with van der Waals surface area (Å²) >= 11 is 0. The number of piperidine rings is 1. The van der Waals surface area contributed by atoms with E-state index in [0.717, 1.165) is 0 Å². The number of aliphatic imine (C=N–C) groups is 1. The van der Waals surface area contributed by atoms with Crippen molar-refractivity contribution in [1.29, 1.82) is 0 Å². The van der Waals surface area contributed by atoms with Crippen LogP contribution in [0.15, 0.2) is 21.5 Å². The van der Waals surface area contributed by atoms with Gasteiger partial charge in [-0.25, -0.2) is 13.4 Å². The van der Waals surface area contributed by atoms with Crippen LogP contribution >= 0.6 is 0 Å². The fourth-order valence-corrected chi connectivity index (χ4v) is 3.64. The monoisotopic (exact) mass is 425 g/mol. The van der Waals surface area contributed by atoms with Crippen LogP contribution in [0.3, 0.4) is 0 Å². The third-order valence-electron chi connectivity index (χ3n) is 4.07. The fraction of sp³-hybridized carbons (Fsp3) is 0.600. The third kappa shape index (κ3) is 5.38. The molecule has 1 aliphatic rings. The predicted molar refractivity (Wildman–Crippen MR) is 94.7 cm³/mol. The van der Waals surface area contributed by atoms with E-state index >= 15 is 0 Å². The van der Waals surface area contributed by atoms with Gasteiger partial charge in [0, 0.05) is 25.7 Å². The van der Waals surface area contributed by atoms with E-state index in [-0.39, 0.29) is 44.3 Å². The Morgan fingerprint density at radius 3 is 2.50 bits per heavy atom. The Kier molecular flexibility index (Phi) is 6.93. The molecule has 1 aromatic rings. The molecule has 1 aromatic heterocycles. The number of hydrogen-bond donors (Lipinski definition) is 3. The number of guanidine groups is 1. The molecule has 28 heavy (non-hydrogen) atoms. The first-order valence-corrected chi connectivity index (χ1v) is 9.98. The molecule has 0 atom stereocenters. The van der Waals surface area contributed by atoms with Gasteiger partial charge < -0.3 is 20.8 Å². The van der Waals surface area contributed by atoms with Gasteiger partial charge in [-0.2, -0.15) is 17.5 Å². The smallest absolute Gasteiger partial charge is 0.454 e. The van der Waals surface area contributed by atoms with Crippen molar-refractivity contribution >= 4 is 21.9 Å². The number of nitrogens with two attached hydrogens (primary N) is 1. The minimum atomic E-state index is -5.30. The number of nitrogens with one attached hydrogen (secondary N) is 2. The summed E-state index contributed by atoms with van der Waals surface area (Å²) in [4.78, 5) is 15.3. The van der Waals surface area contributed by atoms with Gasteiger partial charge in [0.25, 0.3) is 5.91 Å². The molecule has 0 radical (unpaired) electrons. The van der Waals surface area contributed by atoms with Crippen LogP contribution in [0.5, 0.6) is 0 Å². The van der Waals surface area contributed by atoms with Gasteiger partial charge in [0.05, 0.1) is 0 Å².